The number of hydrogen-bond donors (Lipinski definition) is 0. The lowest BCUT2D eigenvalue weighted by molar-refractivity contribution is 0.487. The van der Waals surface area contributed by atoms with Crippen LogP contribution in [0.5, 0.6) is 11.5 Å². The zero-order valence-electron chi connectivity index (χ0n) is 30.4. The first-order valence-corrected chi connectivity index (χ1v) is 19.5. The number of benzene rings is 10. The Morgan fingerprint density at radius 1 is 0.304 bits per heavy atom. The molecule has 0 radical (unpaired) electrons. The predicted octanol–water partition coefficient (Wildman–Crippen LogP) is 14.6. The first-order valence-electron chi connectivity index (χ1n) is 19.5. The van der Waals surface area contributed by atoms with Crippen molar-refractivity contribution in [1.29, 1.82) is 0 Å². The second-order valence-corrected chi connectivity index (χ2v) is 15.5. The van der Waals surface area contributed by atoms with Crippen molar-refractivity contribution in [3.8, 4) is 67.1 Å². The van der Waals surface area contributed by atoms with Crippen molar-refractivity contribution in [3.63, 3.8) is 0 Å². The lowest BCUT2D eigenvalue weighted by Crippen LogP contribution is -2.25. The molecule has 258 valence electrons. The smallest absolute Gasteiger partial charge is 0.135 e. The molecule has 0 amide bonds. The van der Waals surface area contributed by atoms with Crippen molar-refractivity contribution in [2.24, 2.45) is 0 Å². The zero-order chi connectivity index (χ0) is 36.5. The average Bonchev–Trinajstić information content (AvgIpc) is 3.73. The third kappa shape index (κ3) is 3.84. The molecule has 0 bridgehead atoms. The highest BCUT2D eigenvalue weighted by molar-refractivity contribution is 6.11. The summed E-state index contributed by atoms with van der Waals surface area (Å²) in [5.74, 6) is 1.82. The van der Waals surface area contributed by atoms with Gasteiger partial charge in [-0.2, -0.15) is 0 Å². The summed E-state index contributed by atoms with van der Waals surface area (Å²) in [6.45, 7) is 0. The molecule has 13 rings (SSSR count). The maximum Gasteiger partial charge on any atom is 0.135 e. The third-order valence-corrected chi connectivity index (χ3v) is 12.9. The van der Waals surface area contributed by atoms with Crippen molar-refractivity contribution < 1.29 is 4.74 Å². The van der Waals surface area contributed by atoms with Crippen LogP contribution in [0.1, 0.15) is 22.3 Å². The Kier molecular flexibility index (Phi) is 5.89. The molecule has 0 unspecified atom stereocenters. The molecule has 10 aromatic carbocycles. The Labute approximate surface area is 324 Å². The molecule has 56 heavy (non-hydrogen) atoms. The molecular formula is C55H32O. The normalized spacial score (nSPS) is 13.6. The number of ether oxygens (including phenoxy) is 1. The van der Waals surface area contributed by atoms with Gasteiger partial charge in [0.25, 0.3) is 0 Å². The van der Waals surface area contributed by atoms with Crippen LogP contribution in [0.15, 0.2) is 194 Å². The molecule has 0 aromatic heterocycles. The Hall–Kier alpha value is -7.22. The minimum absolute atomic E-state index is 0.424. The van der Waals surface area contributed by atoms with Crippen LogP contribution in [0.4, 0.5) is 0 Å². The monoisotopic (exact) mass is 708 g/mol. The average molecular weight is 709 g/mol. The molecule has 0 saturated carbocycles. The van der Waals surface area contributed by atoms with E-state index in [2.05, 4.69) is 194 Å². The van der Waals surface area contributed by atoms with Gasteiger partial charge in [-0.3, -0.25) is 0 Å². The van der Waals surface area contributed by atoms with Crippen LogP contribution in [-0.2, 0) is 5.41 Å². The summed E-state index contributed by atoms with van der Waals surface area (Å²) >= 11 is 0. The van der Waals surface area contributed by atoms with E-state index in [0.717, 1.165) is 17.1 Å². The fraction of sp³-hybridized carbons (Fsp3) is 0.0182. The van der Waals surface area contributed by atoms with Crippen molar-refractivity contribution in [3.05, 3.63) is 216 Å². The Morgan fingerprint density at radius 2 is 0.911 bits per heavy atom. The van der Waals surface area contributed by atoms with Gasteiger partial charge < -0.3 is 4.74 Å². The standard InChI is InChI=1S/C55H32O/c1-2-11-35-30-38(23-22-33(35)10-1)39-16-9-18-43-40(39)26-28-50-54(43)46-32-36(24-27-49(46)55(50)47-19-5-3-14-41(47)42-15-4-6-20-48(42)55)37-25-29-51-45(31-37)44-17-7-12-34-13-8-21-52(56-51)53(34)44/h1-32H. The fourth-order valence-corrected chi connectivity index (χ4v) is 10.5. The summed E-state index contributed by atoms with van der Waals surface area (Å²) < 4.78 is 6.51. The van der Waals surface area contributed by atoms with Crippen LogP contribution in [0.3, 0.4) is 0 Å². The molecule has 1 spiro atoms. The first-order chi connectivity index (χ1) is 27.8. The Morgan fingerprint density at radius 3 is 1.75 bits per heavy atom. The van der Waals surface area contributed by atoms with Gasteiger partial charge in [0.05, 0.1) is 5.41 Å². The molecular weight excluding hydrogens is 677 g/mol. The van der Waals surface area contributed by atoms with Gasteiger partial charge in [0, 0.05) is 10.9 Å². The molecule has 2 aliphatic carbocycles. The van der Waals surface area contributed by atoms with Crippen LogP contribution in [0.2, 0.25) is 0 Å². The number of hydrogen-bond acceptors (Lipinski definition) is 1. The maximum atomic E-state index is 6.51. The number of fused-ring (bicyclic) bond motifs is 15. The van der Waals surface area contributed by atoms with E-state index in [-0.39, 0.29) is 0 Å². The van der Waals surface area contributed by atoms with Crippen LogP contribution < -0.4 is 4.74 Å². The largest absolute Gasteiger partial charge is 0.456 e. The molecule has 1 heteroatoms. The third-order valence-electron chi connectivity index (χ3n) is 12.9. The molecule has 1 nitrogen and oxygen atoms in total. The molecule has 0 fully saturated rings. The van der Waals surface area contributed by atoms with Crippen LogP contribution in [0, 0.1) is 0 Å². The van der Waals surface area contributed by atoms with E-state index >= 15 is 0 Å². The highest BCUT2D eigenvalue weighted by Gasteiger charge is 2.52. The van der Waals surface area contributed by atoms with Gasteiger partial charge in [-0.1, -0.05) is 164 Å². The van der Waals surface area contributed by atoms with Gasteiger partial charge in [0.15, 0.2) is 0 Å². The van der Waals surface area contributed by atoms with E-state index in [1.54, 1.807) is 0 Å². The van der Waals surface area contributed by atoms with E-state index in [0.29, 0.717) is 0 Å². The van der Waals surface area contributed by atoms with Crippen molar-refractivity contribution in [2.45, 2.75) is 5.41 Å². The summed E-state index contributed by atoms with van der Waals surface area (Å²) in [6, 6.07) is 72.2. The molecule has 0 atom stereocenters. The summed E-state index contributed by atoms with van der Waals surface area (Å²) in [4.78, 5) is 0. The van der Waals surface area contributed by atoms with Crippen molar-refractivity contribution >= 4 is 32.3 Å². The SMILES string of the molecule is c1ccc2c(c1)-c1ccccc1C21c2ccc(-c3ccc4c(c3)-c3cccc5cccc(c35)O4)cc2-c2c1ccc1c(-c3ccc4ccccc4c3)cccc21. The van der Waals surface area contributed by atoms with Crippen molar-refractivity contribution in [2.75, 3.05) is 0 Å². The van der Waals surface area contributed by atoms with E-state index < -0.39 is 5.41 Å². The molecule has 10 aromatic rings. The summed E-state index contributed by atoms with van der Waals surface area (Å²) in [5.41, 5.74) is 17.5. The zero-order valence-corrected chi connectivity index (χ0v) is 30.4. The lowest BCUT2D eigenvalue weighted by Gasteiger charge is -2.30. The first kappa shape index (κ1) is 30.1. The molecule has 0 N–H and O–H groups in total. The van der Waals surface area contributed by atoms with E-state index in [1.165, 1.54) is 105 Å². The second-order valence-electron chi connectivity index (χ2n) is 15.5. The Balaban J connectivity index is 1.08. The lowest BCUT2D eigenvalue weighted by atomic mass is 9.70. The number of rotatable bonds is 2. The molecule has 0 saturated heterocycles. The highest BCUT2D eigenvalue weighted by Crippen LogP contribution is 2.64. The van der Waals surface area contributed by atoms with Gasteiger partial charge in [-0.05, 0) is 130 Å². The van der Waals surface area contributed by atoms with Gasteiger partial charge in [-0.15, -0.1) is 0 Å². The molecule has 1 aliphatic heterocycles. The van der Waals surface area contributed by atoms with Crippen LogP contribution in [0.25, 0.3) is 88.0 Å². The van der Waals surface area contributed by atoms with E-state index in [9.17, 15) is 0 Å². The van der Waals surface area contributed by atoms with E-state index in [4.69, 9.17) is 4.74 Å². The summed E-state index contributed by atoms with van der Waals surface area (Å²) in [7, 11) is 0. The van der Waals surface area contributed by atoms with Gasteiger partial charge in [0.1, 0.15) is 11.5 Å². The molecule has 3 aliphatic rings. The second kappa shape index (κ2) is 10.9. The van der Waals surface area contributed by atoms with Gasteiger partial charge in [0.2, 0.25) is 0 Å². The van der Waals surface area contributed by atoms with Gasteiger partial charge >= 0.3 is 0 Å². The van der Waals surface area contributed by atoms with Gasteiger partial charge in [-0.25, -0.2) is 0 Å². The van der Waals surface area contributed by atoms with Crippen molar-refractivity contribution in [1.82, 2.24) is 0 Å². The fourth-order valence-electron chi connectivity index (χ4n) is 10.5. The van der Waals surface area contributed by atoms with Crippen LogP contribution >= 0.6 is 0 Å². The molecule has 1 heterocycles. The predicted molar refractivity (Wildman–Crippen MR) is 232 cm³/mol. The topological polar surface area (TPSA) is 9.23 Å². The summed E-state index contributed by atoms with van der Waals surface area (Å²) in [5, 5.41) is 7.44. The Bertz CT molecular complexity index is 3300. The highest BCUT2D eigenvalue weighted by atomic mass is 16.5. The minimum atomic E-state index is -0.424. The van der Waals surface area contributed by atoms with Crippen LogP contribution in [-0.4, -0.2) is 0 Å². The minimum Gasteiger partial charge on any atom is -0.456 e. The summed E-state index contributed by atoms with van der Waals surface area (Å²) in [6.07, 6.45) is 0. The maximum absolute atomic E-state index is 6.51. The van der Waals surface area contributed by atoms with E-state index in [1.807, 2.05) is 0 Å². The quantitative estimate of drug-likeness (QED) is 0.174.